The average Bonchev–Trinajstić information content (AvgIpc) is 2.98. The summed E-state index contributed by atoms with van der Waals surface area (Å²) in [7, 11) is 0. The number of aryl methyl sites for hydroxylation is 2. The van der Waals surface area contributed by atoms with Crippen LogP contribution in [0.3, 0.4) is 0 Å². The van der Waals surface area contributed by atoms with Crippen LogP contribution in [0.5, 0.6) is 5.75 Å². The lowest BCUT2D eigenvalue weighted by Gasteiger charge is -2.14. The zero-order valence-corrected chi connectivity index (χ0v) is 17.9. The van der Waals surface area contributed by atoms with Crippen LogP contribution in [0.2, 0.25) is 0 Å². The number of nitro groups is 1. The van der Waals surface area contributed by atoms with Gasteiger partial charge in [0, 0.05) is 23.2 Å². The first-order valence-electron chi connectivity index (χ1n) is 9.00. The van der Waals surface area contributed by atoms with Crippen LogP contribution in [0.1, 0.15) is 17.4 Å². The number of fused-ring (bicyclic) bond motifs is 1. The van der Waals surface area contributed by atoms with E-state index >= 15 is 0 Å². The number of aliphatic hydroxyl groups excluding tert-OH is 1. The van der Waals surface area contributed by atoms with Crippen molar-refractivity contribution >= 4 is 39.0 Å². The maximum absolute atomic E-state index is 12.8. The van der Waals surface area contributed by atoms with Crippen LogP contribution >= 0.6 is 23.1 Å². The van der Waals surface area contributed by atoms with E-state index in [-0.39, 0.29) is 23.6 Å². The molecule has 1 unspecified atom stereocenters. The molecule has 154 valence electrons. The summed E-state index contributed by atoms with van der Waals surface area (Å²) >= 11 is 2.78. The maximum Gasteiger partial charge on any atom is 0.273 e. The second kappa shape index (κ2) is 8.93. The Kier molecular flexibility index (Phi) is 6.56. The number of rotatable bonds is 8. The monoisotopic (exact) mass is 435 g/mol. The molecule has 0 aliphatic carbocycles. The lowest BCUT2D eigenvalue weighted by atomic mass is 10.2. The van der Waals surface area contributed by atoms with Crippen molar-refractivity contribution in [2.45, 2.75) is 38.6 Å². The van der Waals surface area contributed by atoms with E-state index < -0.39 is 11.0 Å². The molecule has 3 aromatic rings. The first-order chi connectivity index (χ1) is 13.8. The van der Waals surface area contributed by atoms with E-state index in [9.17, 15) is 20.0 Å². The molecule has 10 heteroatoms. The SMILES string of the molecule is CCn1c(SCC(O)COc2cccc([N+](=O)[O-])c2)nc2sc(C)c(C)c2c1=O. The minimum Gasteiger partial charge on any atom is -0.491 e. The summed E-state index contributed by atoms with van der Waals surface area (Å²) in [6, 6.07) is 5.81. The largest absolute Gasteiger partial charge is 0.491 e. The Morgan fingerprint density at radius 3 is 2.86 bits per heavy atom. The van der Waals surface area contributed by atoms with Crippen molar-refractivity contribution in [1.82, 2.24) is 9.55 Å². The van der Waals surface area contributed by atoms with Crippen molar-refractivity contribution in [3.05, 3.63) is 55.2 Å². The Labute approximate surface area is 175 Å². The van der Waals surface area contributed by atoms with E-state index in [1.54, 1.807) is 10.6 Å². The van der Waals surface area contributed by atoms with E-state index in [2.05, 4.69) is 4.98 Å². The highest BCUT2D eigenvalue weighted by Gasteiger charge is 2.17. The lowest BCUT2D eigenvalue weighted by Crippen LogP contribution is -2.24. The average molecular weight is 436 g/mol. The Balaban J connectivity index is 1.69. The number of hydrogen-bond donors (Lipinski definition) is 1. The Morgan fingerprint density at radius 2 is 2.17 bits per heavy atom. The summed E-state index contributed by atoms with van der Waals surface area (Å²) in [5.41, 5.74) is 0.827. The van der Waals surface area contributed by atoms with Crippen molar-refractivity contribution in [1.29, 1.82) is 0 Å². The number of thiophene rings is 1. The van der Waals surface area contributed by atoms with Gasteiger partial charge in [-0.15, -0.1) is 11.3 Å². The fraction of sp³-hybridized carbons (Fsp3) is 0.368. The Bertz CT molecular complexity index is 1110. The van der Waals surface area contributed by atoms with E-state index in [0.29, 0.717) is 27.7 Å². The molecule has 1 N–H and O–H groups in total. The fourth-order valence-electron chi connectivity index (χ4n) is 2.80. The Hall–Kier alpha value is -2.43. The molecule has 0 fully saturated rings. The molecule has 29 heavy (non-hydrogen) atoms. The molecule has 0 aliphatic heterocycles. The molecule has 0 saturated heterocycles. The van der Waals surface area contributed by atoms with Gasteiger partial charge in [-0.25, -0.2) is 4.98 Å². The van der Waals surface area contributed by atoms with Crippen molar-refractivity contribution < 1.29 is 14.8 Å². The summed E-state index contributed by atoms with van der Waals surface area (Å²) < 4.78 is 7.07. The summed E-state index contributed by atoms with van der Waals surface area (Å²) in [4.78, 5) is 29.6. The van der Waals surface area contributed by atoms with Gasteiger partial charge in [0.05, 0.1) is 22.5 Å². The molecule has 3 rings (SSSR count). The van der Waals surface area contributed by atoms with Gasteiger partial charge in [-0.1, -0.05) is 17.8 Å². The zero-order chi connectivity index (χ0) is 21.1. The predicted molar refractivity (Wildman–Crippen MR) is 114 cm³/mol. The highest BCUT2D eigenvalue weighted by molar-refractivity contribution is 7.99. The number of nitrogens with zero attached hydrogens (tertiary/aromatic N) is 3. The molecule has 0 aliphatic rings. The van der Waals surface area contributed by atoms with Crippen molar-refractivity contribution in [2.24, 2.45) is 0 Å². The highest BCUT2D eigenvalue weighted by Crippen LogP contribution is 2.28. The van der Waals surface area contributed by atoms with Crippen LogP contribution in [-0.4, -0.2) is 38.0 Å². The van der Waals surface area contributed by atoms with Gasteiger partial charge in [-0.3, -0.25) is 19.5 Å². The summed E-state index contributed by atoms with van der Waals surface area (Å²) in [6.45, 7) is 6.25. The summed E-state index contributed by atoms with van der Waals surface area (Å²) in [5, 5.41) is 22.3. The predicted octanol–water partition coefficient (Wildman–Crippen LogP) is 3.53. The lowest BCUT2D eigenvalue weighted by molar-refractivity contribution is -0.384. The van der Waals surface area contributed by atoms with Crippen LogP contribution in [-0.2, 0) is 6.54 Å². The van der Waals surface area contributed by atoms with Crippen LogP contribution in [0.15, 0.2) is 34.2 Å². The molecule has 2 aromatic heterocycles. The van der Waals surface area contributed by atoms with Crippen LogP contribution in [0, 0.1) is 24.0 Å². The topological polar surface area (TPSA) is 107 Å². The number of thioether (sulfide) groups is 1. The highest BCUT2D eigenvalue weighted by atomic mass is 32.2. The molecular formula is C19H21N3O5S2. The van der Waals surface area contributed by atoms with E-state index in [4.69, 9.17) is 4.74 Å². The van der Waals surface area contributed by atoms with Gasteiger partial charge in [0.25, 0.3) is 11.2 Å². The molecule has 8 nitrogen and oxygen atoms in total. The molecule has 0 bridgehead atoms. The van der Waals surface area contributed by atoms with Crippen LogP contribution in [0.25, 0.3) is 10.2 Å². The van der Waals surface area contributed by atoms with Crippen molar-refractivity contribution in [3.63, 3.8) is 0 Å². The van der Waals surface area contributed by atoms with Gasteiger partial charge in [0.1, 0.15) is 17.2 Å². The third kappa shape index (κ3) is 4.60. The third-order valence-electron chi connectivity index (χ3n) is 4.45. The molecule has 0 amide bonds. The van der Waals surface area contributed by atoms with Gasteiger partial charge < -0.3 is 9.84 Å². The quantitative estimate of drug-likeness (QED) is 0.250. The summed E-state index contributed by atoms with van der Waals surface area (Å²) in [5.74, 6) is 0.591. The molecular weight excluding hydrogens is 414 g/mol. The van der Waals surface area contributed by atoms with Gasteiger partial charge in [0.2, 0.25) is 0 Å². The first-order valence-corrected chi connectivity index (χ1v) is 10.8. The van der Waals surface area contributed by atoms with Gasteiger partial charge in [0.15, 0.2) is 5.16 Å². The third-order valence-corrected chi connectivity index (χ3v) is 6.67. The smallest absolute Gasteiger partial charge is 0.273 e. The Morgan fingerprint density at radius 1 is 1.41 bits per heavy atom. The van der Waals surface area contributed by atoms with E-state index in [0.717, 1.165) is 10.4 Å². The van der Waals surface area contributed by atoms with Crippen molar-refractivity contribution in [2.75, 3.05) is 12.4 Å². The number of aromatic nitrogens is 2. The minimum absolute atomic E-state index is 0.0238. The van der Waals surface area contributed by atoms with Crippen molar-refractivity contribution in [3.8, 4) is 5.75 Å². The second-order valence-electron chi connectivity index (χ2n) is 6.44. The number of aliphatic hydroxyl groups is 1. The van der Waals surface area contributed by atoms with Crippen LogP contribution < -0.4 is 10.3 Å². The molecule has 0 saturated carbocycles. The maximum atomic E-state index is 12.8. The van der Waals surface area contributed by atoms with Gasteiger partial charge in [-0.2, -0.15) is 0 Å². The standard InChI is InChI=1S/C19H21N3O5S2/c1-4-21-18(24)16-11(2)12(3)29-17(16)20-19(21)28-10-14(23)9-27-15-7-5-6-13(8-15)22(25)26/h5-8,14,23H,4,9-10H2,1-3H3. The minimum atomic E-state index is -0.830. The molecule has 1 aromatic carbocycles. The van der Waals surface area contributed by atoms with Gasteiger partial charge >= 0.3 is 0 Å². The number of hydrogen-bond acceptors (Lipinski definition) is 8. The number of nitro benzene ring substituents is 1. The summed E-state index contributed by atoms with van der Waals surface area (Å²) in [6.07, 6.45) is -0.830. The number of ether oxygens (including phenoxy) is 1. The normalized spacial score (nSPS) is 12.3. The van der Waals surface area contributed by atoms with E-state index in [1.165, 1.54) is 41.3 Å². The van der Waals surface area contributed by atoms with E-state index in [1.807, 2.05) is 20.8 Å². The van der Waals surface area contributed by atoms with Gasteiger partial charge in [-0.05, 0) is 32.4 Å². The van der Waals surface area contributed by atoms with Crippen LogP contribution in [0.4, 0.5) is 5.69 Å². The number of benzene rings is 1. The molecule has 0 radical (unpaired) electrons. The fourth-order valence-corrected chi connectivity index (χ4v) is 4.83. The molecule has 2 heterocycles. The first kappa shape index (κ1) is 21.3. The second-order valence-corrected chi connectivity index (χ2v) is 8.63. The zero-order valence-electron chi connectivity index (χ0n) is 16.2. The molecule has 1 atom stereocenters. The number of non-ortho nitro benzene ring substituents is 1. The molecule has 0 spiro atoms.